The van der Waals surface area contributed by atoms with Crippen LogP contribution in [-0.4, -0.2) is 50.5 Å². The van der Waals surface area contributed by atoms with Gasteiger partial charge in [0, 0.05) is 13.5 Å². The van der Waals surface area contributed by atoms with Crippen LogP contribution in [0.3, 0.4) is 0 Å². The van der Waals surface area contributed by atoms with E-state index in [4.69, 9.17) is 5.10 Å². The molecular formula is C37H33N5O3. The molecule has 0 saturated carbocycles. The van der Waals surface area contributed by atoms with Gasteiger partial charge in [0.1, 0.15) is 23.3 Å². The van der Waals surface area contributed by atoms with Gasteiger partial charge in [0.05, 0.1) is 16.6 Å². The Balaban J connectivity index is 1.49. The number of aromatic amines is 1. The van der Waals surface area contributed by atoms with Crippen LogP contribution < -0.4 is 5.56 Å². The zero-order chi connectivity index (χ0) is 31.1. The molecule has 2 aliphatic heterocycles. The molecule has 0 bridgehead atoms. The van der Waals surface area contributed by atoms with Gasteiger partial charge < -0.3 is 4.98 Å². The van der Waals surface area contributed by atoms with Crippen LogP contribution in [-0.2, 0) is 21.5 Å². The molecule has 2 aliphatic rings. The molecule has 7 rings (SSSR count). The Hall–Kier alpha value is -5.37. The number of carbonyl (C=O) groups excluding carboxylic acids is 2. The second-order valence-corrected chi connectivity index (χ2v) is 11.6. The number of fused-ring (bicyclic) bond motifs is 2. The summed E-state index contributed by atoms with van der Waals surface area (Å²) >= 11 is 0. The van der Waals surface area contributed by atoms with Crippen molar-refractivity contribution in [1.29, 1.82) is 0 Å². The number of aromatic nitrogens is 2. The SMILES string of the molecule is CCCCc1nc(=O)c2cc(C3=NN(C(c4ccccc4)(c4ccccc4)c4ccccc4)C4C(=O)N(C)C(=O)C34)ccc2[nH]1. The van der Waals surface area contributed by atoms with Crippen LogP contribution in [0.15, 0.2) is 119 Å². The minimum atomic E-state index is -1.06. The molecule has 0 aliphatic carbocycles. The van der Waals surface area contributed by atoms with Crippen LogP contribution in [0.5, 0.6) is 0 Å². The topological polar surface area (TPSA) is 98.7 Å². The molecule has 2 unspecified atom stereocenters. The molecule has 1 aromatic heterocycles. The van der Waals surface area contributed by atoms with Gasteiger partial charge in [-0.1, -0.05) is 110 Å². The maximum atomic E-state index is 14.0. The molecule has 4 aromatic carbocycles. The fourth-order valence-corrected chi connectivity index (χ4v) is 6.82. The van der Waals surface area contributed by atoms with Crippen molar-refractivity contribution in [3.05, 3.63) is 148 Å². The van der Waals surface area contributed by atoms with Crippen LogP contribution in [0.1, 0.15) is 47.8 Å². The average molecular weight is 596 g/mol. The first-order valence-corrected chi connectivity index (χ1v) is 15.3. The standard InChI is InChI=1S/C37H33N5O3/c1-3-4-20-30-38-29-22-21-24(23-28(29)34(43)39-30)32-31-33(36(45)41(2)35(31)44)42(40-32)37(25-14-8-5-9-15-25,26-16-10-6-11-17-26)27-18-12-7-13-19-27/h5-19,21-23,31,33H,3-4,20H2,1-2H3,(H,38,39,43). The molecule has 0 spiro atoms. The van der Waals surface area contributed by atoms with E-state index in [1.54, 1.807) is 6.07 Å². The molecule has 8 heteroatoms. The van der Waals surface area contributed by atoms with Crippen molar-refractivity contribution in [1.82, 2.24) is 19.9 Å². The van der Waals surface area contributed by atoms with Gasteiger partial charge in [0.25, 0.3) is 11.5 Å². The monoisotopic (exact) mass is 595 g/mol. The lowest BCUT2D eigenvalue weighted by Gasteiger charge is -2.44. The van der Waals surface area contributed by atoms with Gasteiger partial charge in [-0.15, -0.1) is 0 Å². The zero-order valence-corrected chi connectivity index (χ0v) is 25.2. The number of aryl methyl sites for hydroxylation is 1. The Morgan fingerprint density at radius 3 is 1.91 bits per heavy atom. The number of benzene rings is 4. The highest BCUT2D eigenvalue weighted by Gasteiger charge is 2.61. The van der Waals surface area contributed by atoms with E-state index in [0.717, 1.165) is 29.5 Å². The third-order valence-electron chi connectivity index (χ3n) is 9.02. The predicted octanol–water partition coefficient (Wildman–Crippen LogP) is 5.26. The van der Waals surface area contributed by atoms with Gasteiger partial charge in [-0.05, 0) is 40.8 Å². The lowest BCUT2D eigenvalue weighted by Crippen LogP contribution is -2.52. The number of nitrogens with one attached hydrogen (secondary N) is 1. The summed E-state index contributed by atoms with van der Waals surface area (Å²) in [5, 5.41) is 7.47. The van der Waals surface area contributed by atoms with Crippen molar-refractivity contribution in [2.75, 3.05) is 7.05 Å². The highest BCUT2D eigenvalue weighted by molar-refractivity contribution is 6.24. The van der Waals surface area contributed by atoms with E-state index in [-0.39, 0.29) is 17.4 Å². The van der Waals surface area contributed by atoms with Gasteiger partial charge in [-0.25, -0.2) is 0 Å². The van der Waals surface area contributed by atoms with Crippen molar-refractivity contribution in [3.63, 3.8) is 0 Å². The minimum absolute atomic E-state index is 0.322. The molecule has 3 heterocycles. The normalized spacial score (nSPS) is 18.0. The van der Waals surface area contributed by atoms with Crippen LogP contribution in [0.4, 0.5) is 0 Å². The Labute approximate surface area is 261 Å². The van der Waals surface area contributed by atoms with Crippen molar-refractivity contribution in [2.45, 2.75) is 37.8 Å². The van der Waals surface area contributed by atoms with Crippen molar-refractivity contribution in [2.24, 2.45) is 11.0 Å². The number of carbonyl (C=O) groups is 2. The molecule has 2 atom stereocenters. The number of likely N-dealkylation sites (tertiary alicyclic amines) is 1. The number of nitrogens with zero attached hydrogens (tertiary/aromatic N) is 4. The number of H-pyrrole nitrogens is 1. The molecule has 8 nitrogen and oxygen atoms in total. The van der Waals surface area contributed by atoms with Crippen molar-refractivity contribution < 1.29 is 9.59 Å². The number of hydrogen-bond acceptors (Lipinski definition) is 6. The summed E-state index contributed by atoms with van der Waals surface area (Å²) in [5.41, 5.74) is 3.05. The van der Waals surface area contributed by atoms with E-state index in [1.807, 2.05) is 108 Å². The molecular weight excluding hydrogens is 562 g/mol. The fourth-order valence-electron chi connectivity index (χ4n) is 6.82. The maximum absolute atomic E-state index is 14.0. The number of hydrazone groups is 1. The molecule has 5 aromatic rings. The van der Waals surface area contributed by atoms with E-state index >= 15 is 0 Å². The molecule has 2 amide bonds. The van der Waals surface area contributed by atoms with Gasteiger partial charge in [0.2, 0.25) is 5.91 Å². The molecule has 1 N–H and O–H groups in total. The highest BCUT2D eigenvalue weighted by Crippen LogP contribution is 2.49. The fraction of sp³-hybridized carbons (Fsp3) is 0.216. The molecule has 1 fully saturated rings. The van der Waals surface area contributed by atoms with Crippen LogP contribution in [0.25, 0.3) is 10.9 Å². The van der Waals surface area contributed by atoms with E-state index < -0.39 is 17.5 Å². The van der Waals surface area contributed by atoms with E-state index in [1.165, 1.54) is 11.9 Å². The first-order chi connectivity index (χ1) is 21.9. The number of likely N-dealkylation sites (N-methyl/N-ethyl adjacent to an activating group) is 1. The summed E-state index contributed by atoms with van der Waals surface area (Å²) in [6.07, 6.45) is 2.62. The quantitative estimate of drug-likeness (QED) is 0.195. The van der Waals surface area contributed by atoms with Crippen LogP contribution in [0, 0.1) is 5.92 Å². The predicted molar refractivity (Wildman–Crippen MR) is 174 cm³/mol. The molecule has 0 radical (unpaired) electrons. The Morgan fingerprint density at radius 2 is 1.36 bits per heavy atom. The maximum Gasteiger partial charge on any atom is 0.280 e. The summed E-state index contributed by atoms with van der Waals surface area (Å²) in [6.45, 7) is 2.10. The highest BCUT2D eigenvalue weighted by atomic mass is 16.2. The number of amides is 2. The first kappa shape index (κ1) is 28.4. The largest absolute Gasteiger partial charge is 0.343 e. The first-order valence-electron chi connectivity index (χ1n) is 15.3. The van der Waals surface area contributed by atoms with Crippen molar-refractivity contribution in [3.8, 4) is 0 Å². The van der Waals surface area contributed by atoms with E-state index in [2.05, 4.69) is 16.9 Å². The summed E-state index contributed by atoms with van der Waals surface area (Å²) in [4.78, 5) is 49.9. The average Bonchev–Trinajstić information content (AvgIpc) is 3.58. The van der Waals surface area contributed by atoms with Gasteiger partial charge >= 0.3 is 0 Å². The third kappa shape index (κ3) is 4.47. The number of imide groups is 1. The second-order valence-electron chi connectivity index (χ2n) is 11.6. The van der Waals surface area contributed by atoms with Gasteiger partial charge in [0.15, 0.2) is 0 Å². The second kappa shape index (κ2) is 11.3. The number of rotatable bonds is 8. The molecule has 45 heavy (non-hydrogen) atoms. The van der Waals surface area contributed by atoms with Crippen LogP contribution in [0.2, 0.25) is 0 Å². The smallest absolute Gasteiger partial charge is 0.280 e. The summed E-state index contributed by atoms with van der Waals surface area (Å²) < 4.78 is 0. The zero-order valence-electron chi connectivity index (χ0n) is 25.2. The lowest BCUT2D eigenvalue weighted by atomic mass is 9.75. The third-order valence-corrected chi connectivity index (χ3v) is 9.02. The summed E-state index contributed by atoms with van der Waals surface area (Å²) in [5.74, 6) is -0.845. The van der Waals surface area contributed by atoms with E-state index in [0.29, 0.717) is 34.4 Å². The van der Waals surface area contributed by atoms with Gasteiger partial charge in [-0.3, -0.25) is 24.3 Å². The molecule has 224 valence electrons. The Morgan fingerprint density at radius 1 is 0.778 bits per heavy atom. The Kier molecular flexibility index (Phi) is 7.12. The number of unbranched alkanes of at least 4 members (excludes halogenated alkanes) is 1. The molecule has 1 saturated heterocycles. The summed E-state index contributed by atoms with van der Waals surface area (Å²) in [7, 11) is 1.53. The van der Waals surface area contributed by atoms with Crippen LogP contribution >= 0.6 is 0 Å². The van der Waals surface area contributed by atoms with Gasteiger partial charge in [-0.2, -0.15) is 10.1 Å². The minimum Gasteiger partial charge on any atom is -0.343 e. The van der Waals surface area contributed by atoms with E-state index in [9.17, 15) is 14.4 Å². The Bertz CT molecular complexity index is 1890. The summed E-state index contributed by atoms with van der Waals surface area (Å²) in [6, 6.07) is 34.4. The van der Waals surface area contributed by atoms with Crippen molar-refractivity contribution >= 4 is 28.4 Å². The lowest BCUT2D eigenvalue weighted by molar-refractivity contribution is -0.138. The number of hydrogen-bond donors (Lipinski definition) is 1.